The van der Waals surface area contributed by atoms with Crippen molar-refractivity contribution in [2.24, 2.45) is 5.92 Å². The highest BCUT2D eigenvalue weighted by Crippen LogP contribution is 2.45. The molecule has 0 aromatic heterocycles. The van der Waals surface area contributed by atoms with E-state index in [1.54, 1.807) is 0 Å². The predicted octanol–water partition coefficient (Wildman–Crippen LogP) is 25.2. The molecule has 102 heavy (non-hydrogen) atoms. The number of unbranched alkanes of at least 4 members (excludes halogenated alkanes) is 55. The van der Waals surface area contributed by atoms with Gasteiger partial charge in [-0.15, -0.1) is 0 Å². The van der Waals surface area contributed by atoms with Gasteiger partial charge in [0.1, 0.15) is 19.3 Å². The van der Waals surface area contributed by atoms with Crippen LogP contribution in [-0.4, -0.2) is 96.7 Å². The molecule has 0 rings (SSSR count). The zero-order valence-electron chi connectivity index (χ0n) is 66.8. The molecular formula is C83H162O17P2. The van der Waals surface area contributed by atoms with E-state index < -0.39 is 97.5 Å². The molecule has 0 aliphatic heterocycles. The van der Waals surface area contributed by atoms with Crippen molar-refractivity contribution in [3.8, 4) is 0 Å². The molecule has 0 amide bonds. The first-order valence-corrected chi connectivity index (χ1v) is 46.1. The highest BCUT2D eigenvalue weighted by atomic mass is 31.2. The summed E-state index contributed by atoms with van der Waals surface area (Å²) in [6.45, 7) is 7.36. The van der Waals surface area contributed by atoms with E-state index in [-0.39, 0.29) is 25.7 Å². The van der Waals surface area contributed by atoms with E-state index in [2.05, 4.69) is 34.6 Å². The molecule has 0 spiro atoms. The number of phosphoric acid groups is 2. The van der Waals surface area contributed by atoms with Crippen molar-refractivity contribution >= 4 is 39.5 Å². The van der Waals surface area contributed by atoms with Crippen LogP contribution >= 0.6 is 15.6 Å². The number of aliphatic hydroxyl groups is 1. The lowest BCUT2D eigenvalue weighted by Crippen LogP contribution is -2.30. The number of aliphatic hydroxyl groups excluding tert-OH is 1. The van der Waals surface area contributed by atoms with Gasteiger partial charge in [-0.25, -0.2) is 9.13 Å². The first kappa shape index (κ1) is 100. The molecule has 0 radical (unpaired) electrons. The van der Waals surface area contributed by atoms with Crippen LogP contribution in [-0.2, 0) is 65.4 Å². The summed E-state index contributed by atoms with van der Waals surface area (Å²) in [7, 11) is -9.92. The Morgan fingerprint density at radius 2 is 0.451 bits per heavy atom. The van der Waals surface area contributed by atoms with Crippen LogP contribution in [0.2, 0.25) is 0 Å². The summed E-state index contributed by atoms with van der Waals surface area (Å²) in [5.41, 5.74) is 0. The fourth-order valence-electron chi connectivity index (χ4n) is 12.9. The number of esters is 4. The summed E-state index contributed by atoms with van der Waals surface area (Å²) in [5, 5.41) is 10.6. The fourth-order valence-corrected chi connectivity index (χ4v) is 14.5. The van der Waals surface area contributed by atoms with Crippen LogP contribution in [0.5, 0.6) is 0 Å². The lowest BCUT2D eigenvalue weighted by Gasteiger charge is -2.21. The molecule has 0 aromatic carbocycles. The van der Waals surface area contributed by atoms with Gasteiger partial charge in [0.25, 0.3) is 0 Å². The zero-order valence-corrected chi connectivity index (χ0v) is 68.5. The first-order valence-electron chi connectivity index (χ1n) is 43.1. The van der Waals surface area contributed by atoms with Gasteiger partial charge in [-0.05, 0) is 31.6 Å². The quantitative estimate of drug-likeness (QED) is 0.0222. The average molecular weight is 1490 g/mol. The summed E-state index contributed by atoms with van der Waals surface area (Å²) in [4.78, 5) is 73.0. The maximum atomic E-state index is 13.1. The lowest BCUT2D eigenvalue weighted by molar-refractivity contribution is -0.161. The molecule has 0 fully saturated rings. The molecule has 606 valence electrons. The van der Waals surface area contributed by atoms with E-state index >= 15 is 0 Å². The van der Waals surface area contributed by atoms with Gasteiger partial charge in [-0.1, -0.05) is 394 Å². The number of hydrogen-bond donors (Lipinski definition) is 3. The van der Waals surface area contributed by atoms with Crippen molar-refractivity contribution < 1.29 is 80.2 Å². The van der Waals surface area contributed by atoms with E-state index in [0.717, 1.165) is 95.8 Å². The maximum absolute atomic E-state index is 13.1. The second kappa shape index (κ2) is 75.9. The Labute approximate surface area is 626 Å². The summed E-state index contributed by atoms with van der Waals surface area (Å²) < 4.78 is 68.7. The first-order chi connectivity index (χ1) is 49.5. The molecule has 3 N–H and O–H groups in total. The van der Waals surface area contributed by atoms with Crippen molar-refractivity contribution in [3.05, 3.63) is 0 Å². The molecule has 0 heterocycles. The zero-order chi connectivity index (χ0) is 74.8. The molecule has 0 bridgehead atoms. The monoisotopic (exact) mass is 1490 g/mol. The van der Waals surface area contributed by atoms with Gasteiger partial charge in [0.05, 0.1) is 26.4 Å². The van der Waals surface area contributed by atoms with E-state index in [1.165, 1.54) is 270 Å². The van der Waals surface area contributed by atoms with E-state index in [0.29, 0.717) is 25.7 Å². The maximum Gasteiger partial charge on any atom is 0.472 e. The highest BCUT2D eigenvalue weighted by molar-refractivity contribution is 7.47. The van der Waals surface area contributed by atoms with Crippen LogP contribution in [0.15, 0.2) is 0 Å². The fraction of sp³-hybridized carbons (Fsp3) is 0.952. The Morgan fingerprint density at radius 3 is 0.667 bits per heavy atom. The van der Waals surface area contributed by atoms with Crippen LogP contribution in [0.25, 0.3) is 0 Å². The summed E-state index contributed by atoms with van der Waals surface area (Å²) in [6.07, 6.45) is 68.1. The average Bonchev–Trinajstić information content (AvgIpc) is 0.912. The van der Waals surface area contributed by atoms with E-state index in [9.17, 15) is 43.2 Å². The van der Waals surface area contributed by atoms with Crippen LogP contribution in [0.3, 0.4) is 0 Å². The topological polar surface area (TPSA) is 237 Å². The SMILES string of the molecule is CCCCCCCCCCCCCCCCCCCCCC(=O)OC[C@H](COP(=O)(O)OC[C@@H](O)COP(=O)(O)OC[C@@H](COC(=O)CCCCCCCCCCC)OC(=O)CCCCCCCCCCCCCCC)OC(=O)CCCCCCCCCCCCCCCCCCCCC(C)C. The van der Waals surface area contributed by atoms with Gasteiger partial charge >= 0.3 is 39.5 Å². The standard InChI is InChI=1S/C83H162O17P2/c1-6-9-12-15-18-21-23-25-26-27-28-32-35-39-42-47-52-57-62-67-81(86)94-73-79(100-83(88)69-64-59-54-49-44-40-36-33-30-29-31-34-38-41-46-50-55-60-65-76(4)5)75-98-102(91,92)96-71-77(84)70-95-101(89,90)97-74-78(72-93-80(85)66-61-56-51-45-20-17-14-11-8-3)99-82(87)68-63-58-53-48-43-37-24-22-19-16-13-10-7-2/h76-79,84H,6-75H2,1-5H3,(H,89,90)(H,91,92)/t77-,78+,79+/m0/s1. The van der Waals surface area contributed by atoms with Gasteiger partial charge in [0, 0.05) is 25.7 Å². The normalized spacial score (nSPS) is 13.8. The van der Waals surface area contributed by atoms with Crippen molar-refractivity contribution in [2.45, 2.75) is 464 Å². The molecule has 19 heteroatoms. The Morgan fingerprint density at radius 1 is 0.265 bits per heavy atom. The highest BCUT2D eigenvalue weighted by Gasteiger charge is 2.30. The number of phosphoric ester groups is 2. The molecule has 0 saturated heterocycles. The third kappa shape index (κ3) is 76.3. The Balaban J connectivity index is 5.20. The number of carbonyl (C=O) groups excluding carboxylic acids is 4. The van der Waals surface area contributed by atoms with Crippen molar-refractivity contribution in [1.29, 1.82) is 0 Å². The van der Waals surface area contributed by atoms with Crippen molar-refractivity contribution in [1.82, 2.24) is 0 Å². The van der Waals surface area contributed by atoms with Gasteiger partial charge in [0.2, 0.25) is 0 Å². The smallest absolute Gasteiger partial charge is 0.462 e. The van der Waals surface area contributed by atoms with Gasteiger partial charge in [-0.3, -0.25) is 37.3 Å². The third-order valence-electron chi connectivity index (χ3n) is 19.5. The van der Waals surface area contributed by atoms with Crippen LogP contribution in [0.1, 0.15) is 446 Å². The lowest BCUT2D eigenvalue weighted by atomic mass is 10.0. The third-order valence-corrected chi connectivity index (χ3v) is 21.4. The van der Waals surface area contributed by atoms with Crippen molar-refractivity contribution in [2.75, 3.05) is 39.6 Å². The molecule has 2 unspecified atom stereocenters. The largest absolute Gasteiger partial charge is 0.472 e. The summed E-state index contributed by atoms with van der Waals surface area (Å²) >= 11 is 0. The van der Waals surface area contributed by atoms with Crippen LogP contribution < -0.4 is 0 Å². The molecule has 5 atom stereocenters. The van der Waals surface area contributed by atoms with Crippen LogP contribution in [0.4, 0.5) is 0 Å². The minimum Gasteiger partial charge on any atom is -0.462 e. The summed E-state index contributed by atoms with van der Waals surface area (Å²) in [5.74, 6) is -1.28. The molecule has 0 saturated carbocycles. The van der Waals surface area contributed by atoms with Gasteiger partial charge in [0.15, 0.2) is 12.2 Å². The minimum atomic E-state index is -4.96. The number of hydrogen-bond acceptors (Lipinski definition) is 15. The molecular weight excluding hydrogens is 1330 g/mol. The van der Waals surface area contributed by atoms with Crippen LogP contribution in [0, 0.1) is 5.92 Å². The molecule has 17 nitrogen and oxygen atoms in total. The molecule has 0 aliphatic rings. The summed E-state index contributed by atoms with van der Waals surface area (Å²) in [6, 6.07) is 0. The number of rotatable bonds is 83. The van der Waals surface area contributed by atoms with E-state index in [4.69, 9.17) is 37.0 Å². The second-order valence-corrected chi connectivity index (χ2v) is 33.3. The minimum absolute atomic E-state index is 0.108. The Hall–Kier alpha value is -1.94. The van der Waals surface area contributed by atoms with E-state index in [1.807, 2.05) is 0 Å². The molecule has 0 aliphatic carbocycles. The van der Waals surface area contributed by atoms with Gasteiger partial charge < -0.3 is 33.8 Å². The number of ether oxygens (including phenoxy) is 4. The Kier molecular flexibility index (Phi) is 74.4. The molecule has 0 aromatic rings. The van der Waals surface area contributed by atoms with Crippen molar-refractivity contribution in [3.63, 3.8) is 0 Å². The predicted molar refractivity (Wildman–Crippen MR) is 418 cm³/mol. The second-order valence-electron chi connectivity index (χ2n) is 30.3. The van der Waals surface area contributed by atoms with Gasteiger partial charge in [-0.2, -0.15) is 0 Å². The Bertz CT molecular complexity index is 1940. The number of carbonyl (C=O) groups is 4.